The lowest BCUT2D eigenvalue weighted by Gasteiger charge is -2.24. The molecule has 2 aromatic rings. The lowest BCUT2D eigenvalue weighted by molar-refractivity contribution is 0.605. The summed E-state index contributed by atoms with van der Waals surface area (Å²) in [5, 5.41) is 0. The maximum atomic E-state index is 13.3. The molecule has 0 heterocycles. The molecule has 0 saturated heterocycles. The number of rotatable bonds is 4. The summed E-state index contributed by atoms with van der Waals surface area (Å²) >= 11 is 0. The first-order valence-corrected chi connectivity index (χ1v) is 8.17. The molecule has 118 valence electrons. The van der Waals surface area contributed by atoms with E-state index >= 15 is 0 Å². The van der Waals surface area contributed by atoms with Crippen LogP contribution in [0.4, 0.5) is 4.39 Å². The minimum absolute atomic E-state index is 0.154. The quantitative estimate of drug-likeness (QED) is 0.606. The van der Waals surface area contributed by atoms with Gasteiger partial charge in [0.25, 0.3) is 0 Å². The van der Waals surface area contributed by atoms with E-state index in [0.29, 0.717) is 17.8 Å². The molecule has 2 rings (SSSR count). The van der Waals surface area contributed by atoms with Crippen molar-refractivity contribution < 1.29 is 4.39 Å². The maximum Gasteiger partial charge on any atom is 0.123 e. The molecule has 0 nitrogen and oxygen atoms in total. The van der Waals surface area contributed by atoms with Gasteiger partial charge in [-0.25, -0.2) is 4.39 Å². The molecule has 0 amide bonds. The fourth-order valence-electron chi connectivity index (χ4n) is 3.34. The highest BCUT2D eigenvalue weighted by molar-refractivity contribution is 5.38. The molecule has 1 heteroatoms. The van der Waals surface area contributed by atoms with Crippen molar-refractivity contribution in [2.75, 3.05) is 0 Å². The smallest absolute Gasteiger partial charge is 0.123 e. The van der Waals surface area contributed by atoms with Crippen molar-refractivity contribution in [2.24, 2.45) is 0 Å². The molecule has 0 N–H and O–H groups in total. The predicted molar refractivity (Wildman–Crippen MR) is 93.2 cm³/mol. The molecule has 0 radical (unpaired) electrons. The van der Waals surface area contributed by atoms with Crippen molar-refractivity contribution in [2.45, 2.75) is 59.3 Å². The highest BCUT2D eigenvalue weighted by Crippen LogP contribution is 2.35. The van der Waals surface area contributed by atoms with Gasteiger partial charge in [-0.2, -0.15) is 0 Å². The molecule has 0 aliphatic heterocycles. The Morgan fingerprint density at radius 2 is 1.32 bits per heavy atom. The van der Waals surface area contributed by atoms with Crippen molar-refractivity contribution in [1.82, 2.24) is 0 Å². The van der Waals surface area contributed by atoms with Crippen LogP contribution in [0, 0.1) is 19.7 Å². The molecule has 2 unspecified atom stereocenters. The van der Waals surface area contributed by atoms with E-state index in [1.165, 1.54) is 22.3 Å². The van der Waals surface area contributed by atoms with Crippen LogP contribution in [-0.2, 0) is 0 Å². The average molecular weight is 298 g/mol. The van der Waals surface area contributed by atoms with E-state index < -0.39 is 0 Å². The van der Waals surface area contributed by atoms with Crippen LogP contribution >= 0.6 is 0 Å². The van der Waals surface area contributed by atoms with E-state index in [1.54, 1.807) is 12.1 Å². The second kappa shape index (κ2) is 6.64. The summed E-state index contributed by atoms with van der Waals surface area (Å²) in [5.74, 6) is 1.17. The largest absolute Gasteiger partial charge is 0.207 e. The molecule has 2 aromatic carbocycles. The number of benzene rings is 2. The number of hydrogen-bond donors (Lipinski definition) is 0. The van der Waals surface area contributed by atoms with E-state index in [2.05, 4.69) is 52.8 Å². The third-order valence-corrected chi connectivity index (χ3v) is 4.91. The van der Waals surface area contributed by atoms with Crippen molar-refractivity contribution in [3.63, 3.8) is 0 Å². The predicted octanol–water partition coefficient (Wildman–Crippen LogP) is 6.47. The van der Waals surface area contributed by atoms with Gasteiger partial charge in [-0.1, -0.05) is 52.0 Å². The van der Waals surface area contributed by atoms with Gasteiger partial charge in [-0.05, 0) is 71.6 Å². The first-order chi connectivity index (χ1) is 10.3. The number of aryl methyl sites for hydroxylation is 2. The first kappa shape index (κ1) is 16.7. The first-order valence-electron chi connectivity index (χ1n) is 8.17. The lowest BCUT2D eigenvalue weighted by atomic mass is 9.81. The Balaban J connectivity index is 2.30. The van der Waals surface area contributed by atoms with Crippen LogP contribution in [0.3, 0.4) is 0 Å². The Kier molecular flexibility index (Phi) is 5.05. The highest BCUT2D eigenvalue weighted by Gasteiger charge is 2.19. The number of hydrogen-bond acceptors (Lipinski definition) is 0. The molecule has 2 atom stereocenters. The topological polar surface area (TPSA) is 0 Å². The molecule has 22 heavy (non-hydrogen) atoms. The second-order valence-electron chi connectivity index (χ2n) is 6.85. The van der Waals surface area contributed by atoms with Gasteiger partial charge in [-0.15, -0.1) is 0 Å². The lowest BCUT2D eigenvalue weighted by Crippen LogP contribution is -2.07. The van der Waals surface area contributed by atoms with Crippen LogP contribution in [0.1, 0.15) is 73.3 Å². The van der Waals surface area contributed by atoms with E-state index in [9.17, 15) is 4.39 Å². The van der Waals surface area contributed by atoms with Crippen LogP contribution < -0.4 is 0 Å². The van der Waals surface area contributed by atoms with Gasteiger partial charge < -0.3 is 0 Å². The van der Waals surface area contributed by atoms with Crippen LogP contribution in [0.25, 0.3) is 0 Å². The SMILES string of the molecule is Cc1cc(C(C)C(C)c2ccc(F)cc2C)ccc1C(C)C. The van der Waals surface area contributed by atoms with Gasteiger partial charge in [0.05, 0.1) is 0 Å². The third kappa shape index (κ3) is 3.40. The van der Waals surface area contributed by atoms with Gasteiger partial charge in [0, 0.05) is 0 Å². The molecule has 0 aliphatic carbocycles. The molecule has 0 spiro atoms. The number of halogens is 1. The van der Waals surface area contributed by atoms with Crippen molar-refractivity contribution in [3.05, 3.63) is 70.0 Å². The van der Waals surface area contributed by atoms with E-state index in [4.69, 9.17) is 0 Å². The zero-order valence-electron chi connectivity index (χ0n) is 14.6. The van der Waals surface area contributed by atoms with E-state index in [1.807, 2.05) is 13.0 Å². The van der Waals surface area contributed by atoms with Crippen LogP contribution in [0.15, 0.2) is 36.4 Å². The molecule has 0 fully saturated rings. The summed E-state index contributed by atoms with van der Waals surface area (Å²) < 4.78 is 13.3. The average Bonchev–Trinajstić information content (AvgIpc) is 2.45. The fourth-order valence-corrected chi connectivity index (χ4v) is 3.34. The Morgan fingerprint density at radius 1 is 0.727 bits per heavy atom. The summed E-state index contributed by atoms with van der Waals surface area (Å²) in [6.45, 7) is 13.1. The Morgan fingerprint density at radius 3 is 1.86 bits per heavy atom. The zero-order valence-corrected chi connectivity index (χ0v) is 14.6. The Labute approximate surface area is 134 Å². The maximum absolute atomic E-state index is 13.3. The molecule has 0 aliphatic rings. The zero-order chi connectivity index (χ0) is 16.4. The Hall–Kier alpha value is -1.63. The Bertz CT molecular complexity index is 655. The summed E-state index contributed by atoms with van der Waals surface area (Å²) in [6.07, 6.45) is 0. The standard InChI is InChI=1S/C21H27F/c1-13(2)20-9-7-18(11-14(20)3)16(5)17(6)21-10-8-19(22)12-15(21)4/h7-13,16-17H,1-6H3. The summed E-state index contributed by atoms with van der Waals surface area (Å²) in [5.41, 5.74) is 6.41. The summed E-state index contributed by atoms with van der Waals surface area (Å²) in [6, 6.07) is 12.0. The van der Waals surface area contributed by atoms with Crippen molar-refractivity contribution in [3.8, 4) is 0 Å². The molecular weight excluding hydrogens is 271 g/mol. The summed E-state index contributed by atoms with van der Waals surface area (Å²) in [4.78, 5) is 0. The minimum Gasteiger partial charge on any atom is -0.207 e. The third-order valence-electron chi connectivity index (χ3n) is 4.91. The van der Waals surface area contributed by atoms with Gasteiger partial charge in [0.15, 0.2) is 0 Å². The molecule has 0 saturated carbocycles. The minimum atomic E-state index is -0.154. The van der Waals surface area contributed by atoms with Gasteiger partial charge in [-0.3, -0.25) is 0 Å². The fraction of sp³-hybridized carbons (Fsp3) is 0.429. The van der Waals surface area contributed by atoms with Gasteiger partial charge in [0.2, 0.25) is 0 Å². The van der Waals surface area contributed by atoms with Crippen LogP contribution in [0.5, 0.6) is 0 Å². The molecule has 0 bridgehead atoms. The van der Waals surface area contributed by atoms with Crippen LogP contribution in [-0.4, -0.2) is 0 Å². The van der Waals surface area contributed by atoms with Crippen molar-refractivity contribution in [1.29, 1.82) is 0 Å². The second-order valence-corrected chi connectivity index (χ2v) is 6.85. The van der Waals surface area contributed by atoms with Crippen LogP contribution in [0.2, 0.25) is 0 Å². The molecular formula is C21H27F. The van der Waals surface area contributed by atoms with Crippen molar-refractivity contribution >= 4 is 0 Å². The molecule has 0 aromatic heterocycles. The normalized spacial score (nSPS) is 14.2. The summed E-state index contributed by atoms with van der Waals surface area (Å²) in [7, 11) is 0. The monoisotopic (exact) mass is 298 g/mol. The van der Waals surface area contributed by atoms with E-state index in [-0.39, 0.29) is 5.82 Å². The van der Waals surface area contributed by atoms with Gasteiger partial charge >= 0.3 is 0 Å². The van der Waals surface area contributed by atoms with Gasteiger partial charge in [0.1, 0.15) is 5.82 Å². The highest BCUT2D eigenvalue weighted by atomic mass is 19.1. The van der Waals surface area contributed by atoms with E-state index in [0.717, 1.165) is 5.56 Å².